The predicted molar refractivity (Wildman–Crippen MR) is 56.0 cm³/mol. The molecule has 2 heterocycles. The molecule has 4 heteroatoms. The van der Waals surface area contributed by atoms with Gasteiger partial charge in [0, 0.05) is 7.05 Å². The zero-order chi connectivity index (χ0) is 8.01. The molecule has 0 aliphatic rings. The van der Waals surface area contributed by atoms with Crippen LogP contribution < -0.4 is 0 Å². The van der Waals surface area contributed by atoms with Gasteiger partial charge in [-0.2, -0.15) is 5.10 Å². The highest BCUT2D eigenvalue weighted by molar-refractivity contribution is 14.1. The fraction of sp³-hybridized carbons (Fsp3) is 0.286. The van der Waals surface area contributed by atoms with Crippen molar-refractivity contribution >= 4 is 44.1 Å². The van der Waals surface area contributed by atoms with Crippen molar-refractivity contribution in [2.45, 2.75) is 6.92 Å². The number of aromatic nitrogens is 2. The summed E-state index contributed by atoms with van der Waals surface area (Å²) in [6.45, 7) is 2.10. The second-order valence-corrected chi connectivity index (χ2v) is 4.41. The van der Waals surface area contributed by atoms with Crippen molar-refractivity contribution in [2.75, 3.05) is 0 Å². The minimum Gasteiger partial charge on any atom is -0.260 e. The molecule has 0 aliphatic carbocycles. The van der Waals surface area contributed by atoms with Crippen LogP contribution in [0.5, 0.6) is 0 Å². The van der Waals surface area contributed by atoms with E-state index in [0.717, 1.165) is 5.52 Å². The third kappa shape index (κ3) is 0.997. The first-order chi connectivity index (χ1) is 5.20. The summed E-state index contributed by atoms with van der Waals surface area (Å²) in [5.41, 5.74) is 2.44. The van der Waals surface area contributed by atoms with Crippen molar-refractivity contribution < 1.29 is 0 Å². The number of thiophene rings is 1. The Morgan fingerprint density at radius 1 is 1.64 bits per heavy atom. The molecule has 2 rings (SSSR count). The number of aryl methyl sites for hydroxylation is 2. The van der Waals surface area contributed by atoms with Gasteiger partial charge in [0.25, 0.3) is 0 Å². The van der Waals surface area contributed by atoms with Crippen molar-refractivity contribution in [1.29, 1.82) is 0 Å². The molecule has 0 N–H and O–H groups in total. The maximum atomic E-state index is 4.39. The Morgan fingerprint density at radius 3 is 3.00 bits per heavy atom. The maximum absolute atomic E-state index is 4.39. The highest BCUT2D eigenvalue weighted by Gasteiger charge is 2.09. The van der Waals surface area contributed by atoms with Crippen LogP contribution in [0.2, 0.25) is 0 Å². The Morgan fingerprint density at radius 2 is 2.36 bits per heavy atom. The molecular formula is C7H7IN2S. The lowest BCUT2D eigenvalue weighted by molar-refractivity contribution is 0.758. The van der Waals surface area contributed by atoms with Gasteiger partial charge in [-0.05, 0) is 40.5 Å². The average Bonchev–Trinajstić information content (AvgIpc) is 2.43. The van der Waals surface area contributed by atoms with Crippen LogP contribution in [0.4, 0.5) is 0 Å². The van der Waals surface area contributed by atoms with E-state index < -0.39 is 0 Å². The van der Waals surface area contributed by atoms with Gasteiger partial charge < -0.3 is 0 Å². The van der Waals surface area contributed by atoms with Gasteiger partial charge >= 0.3 is 0 Å². The molecule has 11 heavy (non-hydrogen) atoms. The Bertz CT molecular complexity index is 402. The van der Waals surface area contributed by atoms with E-state index in [9.17, 15) is 0 Å². The van der Waals surface area contributed by atoms with E-state index in [-0.39, 0.29) is 0 Å². The van der Waals surface area contributed by atoms with E-state index in [1.165, 1.54) is 14.0 Å². The number of halogens is 1. The lowest BCUT2D eigenvalue weighted by Gasteiger charge is -1.87. The highest BCUT2D eigenvalue weighted by atomic mass is 127. The number of fused-ring (bicyclic) bond motifs is 1. The molecule has 0 saturated heterocycles. The van der Waals surface area contributed by atoms with E-state index in [1.54, 1.807) is 11.3 Å². The quantitative estimate of drug-likeness (QED) is 0.677. The van der Waals surface area contributed by atoms with Crippen molar-refractivity contribution in [1.82, 2.24) is 9.78 Å². The molecule has 0 amide bonds. The third-order valence-corrected chi connectivity index (χ3v) is 4.36. The van der Waals surface area contributed by atoms with Gasteiger partial charge in [-0.3, -0.25) is 4.68 Å². The second-order valence-electron chi connectivity index (χ2n) is 2.51. The monoisotopic (exact) mass is 278 g/mol. The molecule has 0 saturated carbocycles. The topological polar surface area (TPSA) is 17.8 Å². The van der Waals surface area contributed by atoms with E-state index in [1.807, 2.05) is 11.7 Å². The van der Waals surface area contributed by atoms with Crippen molar-refractivity contribution in [3.05, 3.63) is 14.6 Å². The van der Waals surface area contributed by atoms with E-state index in [2.05, 4.69) is 40.0 Å². The van der Waals surface area contributed by atoms with Gasteiger partial charge in [-0.25, -0.2) is 0 Å². The number of hydrogen-bond acceptors (Lipinski definition) is 2. The number of nitrogens with zero attached hydrogens (tertiary/aromatic N) is 2. The Balaban J connectivity index is 2.93. The summed E-state index contributed by atoms with van der Waals surface area (Å²) in [5, 5.41) is 6.54. The van der Waals surface area contributed by atoms with Gasteiger partial charge in [0.1, 0.15) is 9.22 Å². The normalized spacial score (nSPS) is 11.2. The lowest BCUT2D eigenvalue weighted by atomic mass is 10.3. The molecule has 2 aromatic rings. The van der Waals surface area contributed by atoms with Crippen LogP contribution in [-0.4, -0.2) is 9.78 Å². The summed E-state index contributed by atoms with van der Waals surface area (Å²) in [7, 11) is 1.98. The number of rotatable bonds is 0. The molecule has 0 atom stereocenters. The van der Waals surface area contributed by atoms with Crippen LogP contribution in [0.3, 0.4) is 0 Å². The molecule has 0 fully saturated rings. The largest absolute Gasteiger partial charge is 0.260 e. The molecule has 2 aromatic heterocycles. The molecule has 0 bridgehead atoms. The van der Waals surface area contributed by atoms with Crippen molar-refractivity contribution in [3.63, 3.8) is 0 Å². The first kappa shape index (κ1) is 7.54. The molecular weight excluding hydrogens is 271 g/mol. The molecule has 0 spiro atoms. The molecule has 0 aromatic carbocycles. The molecule has 2 nitrogen and oxygen atoms in total. The summed E-state index contributed by atoms with van der Waals surface area (Å²) >= 11 is 4.09. The third-order valence-electron chi connectivity index (χ3n) is 1.66. The van der Waals surface area contributed by atoms with Gasteiger partial charge in [-0.1, -0.05) is 0 Å². The van der Waals surface area contributed by atoms with Crippen LogP contribution in [0.15, 0.2) is 5.38 Å². The molecule has 0 radical (unpaired) electrons. The Kier molecular flexibility index (Phi) is 1.68. The van der Waals surface area contributed by atoms with Gasteiger partial charge in [0.05, 0.1) is 4.70 Å². The molecule has 58 valence electrons. The lowest BCUT2D eigenvalue weighted by Crippen LogP contribution is -1.91. The predicted octanol–water partition coefficient (Wildman–Crippen LogP) is 2.55. The van der Waals surface area contributed by atoms with Crippen molar-refractivity contribution in [2.24, 2.45) is 7.05 Å². The summed E-state index contributed by atoms with van der Waals surface area (Å²) in [6, 6.07) is 0. The smallest absolute Gasteiger partial charge is 0.116 e. The second kappa shape index (κ2) is 2.45. The first-order valence-corrected chi connectivity index (χ1v) is 5.22. The van der Waals surface area contributed by atoms with E-state index in [0.29, 0.717) is 0 Å². The van der Waals surface area contributed by atoms with Crippen LogP contribution in [0.1, 0.15) is 5.56 Å². The maximum Gasteiger partial charge on any atom is 0.116 e. The fourth-order valence-electron chi connectivity index (χ4n) is 1.05. The SMILES string of the molecule is Cc1csc2c(I)n(C)nc12. The van der Waals surface area contributed by atoms with E-state index >= 15 is 0 Å². The summed E-state index contributed by atoms with van der Waals surface area (Å²) in [6.07, 6.45) is 0. The van der Waals surface area contributed by atoms with Gasteiger partial charge in [-0.15, -0.1) is 11.3 Å². The van der Waals surface area contributed by atoms with E-state index in [4.69, 9.17) is 0 Å². The number of hydrogen-bond donors (Lipinski definition) is 0. The highest BCUT2D eigenvalue weighted by Crippen LogP contribution is 2.28. The minimum atomic E-state index is 1.15. The Labute approximate surface area is 82.4 Å². The Hall–Kier alpha value is -0.100. The average molecular weight is 278 g/mol. The van der Waals surface area contributed by atoms with Crippen LogP contribution in [-0.2, 0) is 7.05 Å². The summed E-state index contributed by atoms with van der Waals surface area (Å²) < 4.78 is 4.47. The van der Waals surface area contributed by atoms with Gasteiger partial charge in [0.15, 0.2) is 0 Å². The van der Waals surface area contributed by atoms with Crippen LogP contribution in [0.25, 0.3) is 10.2 Å². The zero-order valence-corrected chi connectivity index (χ0v) is 9.23. The van der Waals surface area contributed by atoms with Crippen molar-refractivity contribution in [3.8, 4) is 0 Å². The van der Waals surface area contributed by atoms with Crippen LogP contribution in [0, 0.1) is 10.6 Å². The molecule has 0 aliphatic heterocycles. The molecule has 0 unspecified atom stereocenters. The fourth-order valence-corrected chi connectivity index (χ4v) is 2.74. The van der Waals surface area contributed by atoms with Gasteiger partial charge in [0.2, 0.25) is 0 Å². The standard InChI is InChI=1S/C7H7IN2S/c1-4-3-11-6-5(4)9-10(2)7(6)8/h3H,1-2H3. The summed E-state index contributed by atoms with van der Waals surface area (Å²) in [4.78, 5) is 0. The summed E-state index contributed by atoms with van der Waals surface area (Å²) in [5.74, 6) is 0. The zero-order valence-electron chi connectivity index (χ0n) is 6.26. The minimum absolute atomic E-state index is 1.15. The van der Waals surface area contributed by atoms with Crippen LogP contribution >= 0.6 is 33.9 Å². The first-order valence-electron chi connectivity index (χ1n) is 3.26.